The average Bonchev–Trinajstić information content (AvgIpc) is 2.34. The first-order valence-corrected chi connectivity index (χ1v) is 3.43. The summed E-state index contributed by atoms with van der Waals surface area (Å²) in [6.45, 7) is 0. The smallest absolute Gasteiger partial charge is 0.0786 e. The van der Waals surface area contributed by atoms with Crippen LogP contribution in [-0.2, 0) is 0 Å². The summed E-state index contributed by atoms with van der Waals surface area (Å²) in [6, 6.07) is 1.95. The summed E-state index contributed by atoms with van der Waals surface area (Å²) in [6.07, 6.45) is 5.48. The van der Waals surface area contributed by atoms with Gasteiger partial charge in [-0.05, 0) is 6.07 Å². The molecule has 0 amide bonds. The normalized spacial score (nSPS) is 10.5. The molecule has 0 aliphatic rings. The molecule has 0 bridgehead atoms. The van der Waals surface area contributed by atoms with Gasteiger partial charge in [0.15, 0.2) is 0 Å². The molecule has 0 spiro atoms. The summed E-state index contributed by atoms with van der Waals surface area (Å²) in [4.78, 5) is 6.98. The second-order valence-corrected chi connectivity index (χ2v) is 2.55. The van der Waals surface area contributed by atoms with E-state index in [0.717, 1.165) is 15.8 Å². The SMILES string of the molecule is Sc1[nH]cc2ccncc12. The Hall–Kier alpha value is -0.960. The van der Waals surface area contributed by atoms with Crippen LogP contribution in [0, 0.1) is 0 Å². The summed E-state index contributed by atoms with van der Waals surface area (Å²) in [5.41, 5.74) is 0. The first-order chi connectivity index (χ1) is 4.88. The average molecular weight is 150 g/mol. The molecule has 0 saturated heterocycles. The summed E-state index contributed by atoms with van der Waals surface area (Å²) in [7, 11) is 0. The van der Waals surface area contributed by atoms with Gasteiger partial charge < -0.3 is 4.98 Å². The molecule has 2 aromatic rings. The fraction of sp³-hybridized carbons (Fsp3) is 0. The molecule has 0 unspecified atom stereocenters. The minimum atomic E-state index is 0.878. The number of nitrogens with zero attached hydrogens (tertiary/aromatic N) is 1. The van der Waals surface area contributed by atoms with Crippen molar-refractivity contribution in [2.45, 2.75) is 5.03 Å². The Bertz CT molecular complexity index is 353. The lowest BCUT2D eigenvalue weighted by Crippen LogP contribution is -1.67. The van der Waals surface area contributed by atoms with Gasteiger partial charge >= 0.3 is 0 Å². The summed E-state index contributed by atoms with van der Waals surface area (Å²) >= 11 is 4.21. The molecule has 2 rings (SSSR count). The number of thiol groups is 1. The number of hydrogen-bond acceptors (Lipinski definition) is 2. The maximum Gasteiger partial charge on any atom is 0.0786 e. The Labute approximate surface area is 63.7 Å². The molecule has 0 radical (unpaired) electrons. The van der Waals surface area contributed by atoms with E-state index >= 15 is 0 Å². The summed E-state index contributed by atoms with van der Waals surface area (Å²) in [5.74, 6) is 0. The third-order valence-electron chi connectivity index (χ3n) is 1.47. The van der Waals surface area contributed by atoms with Crippen molar-refractivity contribution in [2.75, 3.05) is 0 Å². The van der Waals surface area contributed by atoms with Gasteiger partial charge in [-0.3, -0.25) is 4.98 Å². The number of nitrogens with one attached hydrogen (secondary N) is 1. The van der Waals surface area contributed by atoms with E-state index in [1.165, 1.54) is 0 Å². The number of rotatable bonds is 0. The van der Waals surface area contributed by atoms with E-state index in [-0.39, 0.29) is 0 Å². The third kappa shape index (κ3) is 0.708. The largest absolute Gasteiger partial charge is 0.356 e. The molecule has 0 aromatic carbocycles. The van der Waals surface area contributed by atoms with Crippen molar-refractivity contribution in [3.63, 3.8) is 0 Å². The molecule has 2 nitrogen and oxygen atoms in total. The molecule has 10 heavy (non-hydrogen) atoms. The standard InChI is InChI=1S/C7H6N2S/c10-7-6-4-8-2-1-5(6)3-9-7/h1-4,9-10H. The van der Waals surface area contributed by atoms with Crippen LogP contribution in [0.2, 0.25) is 0 Å². The second-order valence-electron chi connectivity index (χ2n) is 2.10. The van der Waals surface area contributed by atoms with Crippen LogP contribution < -0.4 is 0 Å². The van der Waals surface area contributed by atoms with Crippen molar-refractivity contribution < 1.29 is 0 Å². The molecule has 50 valence electrons. The van der Waals surface area contributed by atoms with E-state index in [9.17, 15) is 0 Å². The Kier molecular flexibility index (Phi) is 1.17. The van der Waals surface area contributed by atoms with E-state index in [0.29, 0.717) is 0 Å². The zero-order chi connectivity index (χ0) is 6.97. The lowest BCUT2D eigenvalue weighted by molar-refractivity contribution is 1.23. The molecule has 0 aliphatic carbocycles. The van der Waals surface area contributed by atoms with Gasteiger partial charge in [-0.15, -0.1) is 12.6 Å². The van der Waals surface area contributed by atoms with Crippen LogP contribution in [0.25, 0.3) is 10.8 Å². The monoisotopic (exact) mass is 150 g/mol. The maximum absolute atomic E-state index is 4.21. The van der Waals surface area contributed by atoms with E-state index in [1.807, 2.05) is 12.3 Å². The van der Waals surface area contributed by atoms with Crippen molar-refractivity contribution in [3.05, 3.63) is 24.7 Å². The Balaban J connectivity index is 2.93. The van der Waals surface area contributed by atoms with Crippen LogP contribution in [0.4, 0.5) is 0 Å². The zero-order valence-corrected chi connectivity index (χ0v) is 6.10. The first-order valence-electron chi connectivity index (χ1n) is 2.98. The number of fused-ring (bicyclic) bond motifs is 1. The van der Waals surface area contributed by atoms with Gasteiger partial charge in [0.05, 0.1) is 5.03 Å². The van der Waals surface area contributed by atoms with E-state index in [1.54, 1.807) is 12.4 Å². The second kappa shape index (κ2) is 2.02. The maximum atomic E-state index is 4.21. The molecule has 0 aliphatic heterocycles. The van der Waals surface area contributed by atoms with Crippen LogP contribution in [0.3, 0.4) is 0 Å². The molecule has 1 N–H and O–H groups in total. The van der Waals surface area contributed by atoms with Crippen molar-refractivity contribution >= 4 is 23.4 Å². The Morgan fingerprint density at radius 2 is 2.40 bits per heavy atom. The predicted molar refractivity (Wildman–Crippen MR) is 43.3 cm³/mol. The topological polar surface area (TPSA) is 28.7 Å². The van der Waals surface area contributed by atoms with Crippen molar-refractivity contribution in [1.29, 1.82) is 0 Å². The lowest BCUT2D eigenvalue weighted by Gasteiger charge is -1.85. The molecule has 0 atom stereocenters. The van der Waals surface area contributed by atoms with Crippen LogP contribution in [0.15, 0.2) is 29.7 Å². The number of aromatic nitrogens is 2. The highest BCUT2D eigenvalue weighted by Crippen LogP contribution is 2.18. The summed E-state index contributed by atoms with van der Waals surface area (Å²) in [5, 5.41) is 3.11. The van der Waals surface area contributed by atoms with Gasteiger partial charge in [-0.1, -0.05) is 0 Å². The van der Waals surface area contributed by atoms with Gasteiger partial charge in [0.25, 0.3) is 0 Å². The number of H-pyrrole nitrogens is 1. The van der Waals surface area contributed by atoms with Crippen molar-refractivity contribution in [2.24, 2.45) is 0 Å². The molecule has 0 saturated carbocycles. The van der Waals surface area contributed by atoms with Crippen LogP contribution in [0.5, 0.6) is 0 Å². The molecular formula is C7H6N2S. The molecule has 3 heteroatoms. The van der Waals surface area contributed by atoms with Crippen LogP contribution in [0.1, 0.15) is 0 Å². The lowest BCUT2D eigenvalue weighted by atomic mass is 10.3. The molecule has 2 heterocycles. The zero-order valence-electron chi connectivity index (χ0n) is 5.20. The highest BCUT2D eigenvalue weighted by atomic mass is 32.1. The van der Waals surface area contributed by atoms with Crippen molar-refractivity contribution in [3.8, 4) is 0 Å². The quantitative estimate of drug-likeness (QED) is 0.551. The van der Waals surface area contributed by atoms with Gasteiger partial charge in [0, 0.05) is 29.4 Å². The van der Waals surface area contributed by atoms with Gasteiger partial charge in [0.1, 0.15) is 0 Å². The van der Waals surface area contributed by atoms with E-state index in [4.69, 9.17) is 0 Å². The fourth-order valence-electron chi connectivity index (χ4n) is 0.953. The molecule has 0 fully saturated rings. The highest BCUT2D eigenvalue weighted by molar-refractivity contribution is 7.80. The van der Waals surface area contributed by atoms with Crippen molar-refractivity contribution in [1.82, 2.24) is 9.97 Å². The Morgan fingerprint density at radius 3 is 3.20 bits per heavy atom. The fourth-order valence-corrected chi connectivity index (χ4v) is 1.20. The molecule has 2 aromatic heterocycles. The summed E-state index contributed by atoms with van der Waals surface area (Å²) < 4.78 is 0. The number of pyridine rings is 1. The molecular weight excluding hydrogens is 144 g/mol. The van der Waals surface area contributed by atoms with E-state index < -0.39 is 0 Å². The van der Waals surface area contributed by atoms with Gasteiger partial charge in [-0.25, -0.2) is 0 Å². The first kappa shape index (κ1) is 5.80. The van der Waals surface area contributed by atoms with Gasteiger partial charge in [0.2, 0.25) is 0 Å². The van der Waals surface area contributed by atoms with Crippen LogP contribution in [-0.4, -0.2) is 9.97 Å². The van der Waals surface area contributed by atoms with Gasteiger partial charge in [-0.2, -0.15) is 0 Å². The van der Waals surface area contributed by atoms with Crippen LogP contribution >= 0.6 is 12.6 Å². The number of hydrogen-bond donors (Lipinski definition) is 2. The highest BCUT2D eigenvalue weighted by Gasteiger charge is 1.96. The third-order valence-corrected chi connectivity index (χ3v) is 1.84. The van der Waals surface area contributed by atoms with E-state index in [2.05, 4.69) is 22.6 Å². The minimum absolute atomic E-state index is 0.878. The number of aromatic amines is 1. The predicted octanol–water partition coefficient (Wildman–Crippen LogP) is 1.85. The Morgan fingerprint density at radius 1 is 1.50 bits per heavy atom. The minimum Gasteiger partial charge on any atom is -0.356 e.